The highest BCUT2D eigenvalue weighted by Gasteiger charge is 2.31. The van der Waals surface area contributed by atoms with Gasteiger partial charge in [-0.25, -0.2) is 9.18 Å². The van der Waals surface area contributed by atoms with Gasteiger partial charge in [-0.05, 0) is 42.8 Å². The lowest BCUT2D eigenvalue weighted by molar-refractivity contribution is 0.0275. The van der Waals surface area contributed by atoms with Crippen molar-refractivity contribution in [3.05, 3.63) is 22.4 Å². The number of hydrogen-bond donors (Lipinski definition) is 1. The van der Waals surface area contributed by atoms with Crippen LogP contribution in [0.25, 0.3) is 0 Å². The first-order valence-corrected chi connectivity index (χ1v) is 7.84. The van der Waals surface area contributed by atoms with E-state index in [1.54, 1.807) is 4.90 Å². The Bertz CT molecular complexity index is 575. The molecule has 0 spiro atoms. The van der Waals surface area contributed by atoms with E-state index in [4.69, 9.17) is 15.2 Å². The molecule has 0 saturated carbocycles. The third-order valence-corrected chi connectivity index (χ3v) is 3.83. The number of nitrogens with two attached hydrogens (primary N) is 1. The van der Waals surface area contributed by atoms with Gasteiger partial charge >= 0.3 is 6.09 Å². The van der Waals surface area contributed by atoms with Gasteiger partial charge in [-0.15, -0.1) is 0 Å². The van der Waals surface area contributed by atoms with Crippen molar-refractivity contribution < 1.29 is 18.7 Å². The molecule has 1 aliphatic rings. The van der Waals surface area contributed by atoms with Crippen LogP contribution in [-0.2, 0) is 4.74 Å². The highest BCUT2D eigenvalue weighted by atomic mass is 79.9. The SMILES string of the molecule is CC(C)(C)OC(=O)N1CC[C@H](Oc2cc(Br)c(N)cc2F)C1. The van der Waals surface area contributed by atoms with Gasteiger partial charge < -0.3 is 20.1 Å². The van der Waals surface area contributed by atoms with E-state index < -0.39 is 11.4 Å². The van der Waals surface area contributed by atoms with Crippen LogP contribution in [0.2, 0.25) is 0 Å². The molecule has 1 fully saturated rings. The first-order chi connectivity index (χ1) is 10.2. The predicted octanol–water partition coefficient (Wildman–Crippen LogP) is 3.56. The minimum atomic E-state index is -0.538. The standard InChI is InChI=1S/C15H20BrFN2O3/c1-15(2,3)22-14(20)19-5-4-9(8-19)21-13-6-10(16)12(18)7-11(13)17/h6-7,9H,4-5,8,18H2,1-3H3/t9-/m0/s1. The van der Waals surface area contributed by atoms with E-state index >= 15 is 0 Å². The van der Waals surface area contributed by atoms with Crippen LogP contribution in [0.4, 0.5) is 14.9 Å². The van der Waals surface area contributed by atoms with Crippen LogP contribution in [0.1, 0.15) is 27.2 Å². The number of ether oxygens (including phenoxy) is 2. The fraction of sp³-hybridized carbons (Fsp3) is 0.533. The van der Waals surface area contributed by atoms with Crippen LogP contribution in [0.3, 0.4) is 0 Å². The summed E-state index contributed by atoms with van der Waals surface area (Å²) in [5.74, 6) is -0.395. The minimum absolute atomic E-state index is 0.122. The largest absolute Gasteiger partial charge is 0.485 e. The molecule has 1 atom stereocenters. The van der Waals surface area contributed by atoms with Crippen molar-refractivity contribution in [2.24, 2.45) is 0 Å². The molecule has 1 aliphatic heterocycles. The van der Waals surface area contributed by atoms with Gasteiger partial charge in [-0.3, -0.25) is 0 Å². The second-order valence-electron chi connectivity index (χ2n) is 6.26. The van der Waals surface area contributed by atoms with E-state index in [1.807, 2.05) is 20.8 Å². The van der Waals surface area contributed by atoms with Gasteiger partial charge in [0, 0.05) is 29.2 Å². The topological polar surface area (TPSA) is 64.8 Å². The summed E-state index contributed by atoms with van der Waals surface area (Å²) in [6.07, 6.45) is -0.0178. The molecule has 22 heavy (non-hydrogen) atoms. The number of carbonyl (C=O) groups is 1. The summed E-state index contributed by atoms with van der Waals surface area (Å²) in [5.41, 5.74) is 5.38. The lowest BCUT2D eigenvalue weighted by atomic mass is 10.2. The molecule has 0 bridgehead atoms. The van der Waals surface area contributed by atoms with Crippen LogP contribution in [0.15, 0.2) is 16.6 Å². The molecule has 5 nitrogen and oxygen atoms in total. The smallest absolute Gasteiger partial charge is 0.410 e. The summed E-state index contributed by atoms with van der Waals surface area (Å²) >= 11 is 3.24. The Morgan fingerprint density at radius 2 is 2.14 bits per heavy atom. The number of rotatable bonds is 2. The molecule has 2 rings (SSSR count). The number of benzene rings is 1. The molecule has 1 heterocycles. The Morgan fingerprint density at radius 1 is 1.45 bits per heavy atom. The first kappa shape index (κ1) is 16.9. The molecule has 0 radical (unpaired) electrons. The predicted molar refractivity (Wildman–Crippen MR) is 85.4 cm³/mol. The van der Waals surface area contributed by atoms with E-state index in [1.165, 1.54) is 12.1 Å². The maximum atomic E-state index is 13.8. The first-order valence-electron chi connectivity index (χ1n) is 7.05. The number of amides is 1. The number of carbonyl (C=O) groups excluding carboxylic acids is 1. The second kappa shape index (κ2) is 6.32. The summed E-state index contributed by atoms with van der Waals surface area (Å²) in [4.78, 5) is 13.5. The molecule has 122 valence electrons. The van der Waals surface area contributed by atoms with Gasteiger partial charge in [0.25, 0.3) is 0 Å². The van der Waals surface area contributed by atoms with E-state index in [2.05, 4.69) is 15.9 Å². The van der Waals surface area contributed by atoms with Crippen LogP contribution in [0.5, 0.6) is 5.75 Å². The van der Waals surface area contributed by atoms with Crippen molar-refractivity contribution in [1.82, 2.24) is 4.90 Å². The number of nitrogens with zero attached hydrogens (tertiary/aromatic N) is 1. The molecule has 0 aliphatic carbocycles. The van der Waals surface area contributed by atoms with Crippen LogP contribution < -0.4 is 10.5 Å². The fourth-order valence-corrected chi connectivity index (χ4v) is 2.45. The van der Waals surface area contributed by atoms with Crippen molar-refractivity contribution in [1.29, 1.82) is 0 Å². The Hall–Kier alpha value is -1.50. The Balaban J connectivity index is 1.97. The zero-order valence-corrected chi connectivity index (χ0v) is 14.4. The van der Waals surface area contributed by atoms with E-state index in [0.717, 1.165) is 0 Å². The molecule has 0 aromatic heterocycles. The van der Waals surface area contributed by atoms with Crippen molar-refractivity contribution in [2.75, 3.05) is 18.8 Å². The van der Waals surface area contributed by atoms with Gasteiger partial charge in [0.05, 0.1) is 6.54 Å². The molecule has 1 amide bonds. The average Bonchev–Trinajstić information content (AvgIpc) is 2.82. The molecule has 7 heteroatoms. The van der Waals surface area contributed by atoms with E-state index in [-0.39, 0.29) is 17.9 Å². The molecule has 2 N–H and O–H groups in total. The minimum Gasteiger partial charge on any atom is -0.485 e. The number of nitrogen functional groups attached to an aromatic ring is 1. The summed E-state index contributed by atoms with van der Waals surface area (Å²) in [5, 5.41) is 0. The maximum absolute atomic E-state index is 13.8. The zero-order valence-electron chi connectivity index (χ0n) is 12.9. The molecular weight excluding hydrogens is 355 g/mol. The zero-order chi connectivity index (χ0) is 16.5. The van der Waals surface area contributed by atoms with Gasteiger partial charge in [-0.2, -0.15) is 0 Å². The van der Waals surface area contributed by atoms with Crippen LogP contribution in [-0.4, -0.2) is 35.8 Å². The highest BCUT2D eigenvalue weighted by molar-refractivity contribution is 9.10. The normalized spacial score (nSPS) is 18.4. The Kier molecular flexibility index (Phi) is 4.84. The lowest BCUT2D eigenvalue weighted by Gasteiger charge is -2.24. The monoisotopic (exact) mass is 374 g/mol. The summed E-state index contributed by atoms with van der Waals surface area (Å²) in [6.45, 7) is 6.34. The fourth-order valence-electron chi connectivity index (χ4n) is 2.13. The van der Waals surface area contributed by atoms with Crippen LogP contribution >= 0.6 is 15.9 Å². The van der Waals surface area contributed by atoms with Crippen molar-refractivity contribution in [3.8, 4) is 5.75 Å². The van der Waals surface area contributed by atoms with Crippen molar-refractivity contribution in [3.63, 3.8) is 0 Å². The van der Waals surface area contributed by atoms with Gasteiger partial charge in [0.1, 0.15) is 11.7 Å². The lowest BCUT2D eigenvalue weighted by Crippen LogP contribution is -2.36. The molecule has 1 aromatic rings. The van der Waals surface area contributed by atoms with Gasteiger partial charge in [-0.1, -0.05) is 0 Å². The summed E-state index contributed by atoms with van der Waals surface area (Å²) in [7, 11) is 0. The van der Waals surface area contributed by atoms with Crippen molar-refractivity contribution in [2.45, 2.75) is 38.9 Å². The highest BCUT2D eigenvalue weighted by Crippen LogP contribution is 2.30. The third-order valence-electron chi connectivity index (χ3n) is 3.14. The molecular formula is C15H20BrFN2O3. The number of halogens is 2. The molecule has 1 saturated heterocycles. The van der Waals surface area contributed by atoms with Gasteiger partial charge in [0.2, 0.25) is 0 Å². The van der Waals surface area contributed by atoms with E-state index in [0.29, 0.717) is 29.7 Å². The second-order valence-corrected chi connectivity index (χ2v) is 7.11. The van der Waals surface area contributed by atoms with Crippen molar-refractivity contribution >= 4 is 27.7 Å². The molecule has 1 aromatic carbocycles. The third kappa shape index (κ3) is 4.25. The Morgan fingerprint density at radius 3 is 2.77 bits per heavy atom. The summed E-state index contributed by atoms with van der Waals surface area (Å²) < 4.78 is 25.4. The van der Waals surface area contributed by atoms with E-state index in [9.17, 15) is 9.18 Å². The van der Waals surface area contributed by atoms with Crippen LogP contribution in [0, 0.1) is 5.82 Å². The average molecular weight is 375 g/mol. The maximum Gasteiger partial charge on any atom is 0.410 e. The number of anilines is 1. The number of likely N-dealkylation sites (tertiary alicyclic amines) is 1. The number of hydrogen-bond acceptors (Lipinski definition) is 4. The summed E-state index contributed by atoms with van der Waals surface area (Å²) in [6, 6.07) is 2.71. The molecule has 0 unspecified atom stereocenters. The quantitative estimate of drug-likeness (QED) is 0.803. The Labute approximate surface area is 137 Å². The van der Waals surface area contributed by atoms with Gasteiger partial charge in [0.15, 0.2) is 11.6 Å².